The van der Waals surface area contributed by atoms with Crippen LogP contribution in [0.15, 0.2) is 0 Å². The molecule has 10 heteroatoms. The van der Waals surface area contributed by atoms with Gasteiger partial charge in [0.05, 0.1) is 27.7 Å². The summed E-state index contributed by atoms with van der Waals surface area (Å²) < 4.78 is 34.2. The van der Waals surface area contributed by atoms with Crippen molar-refractivity contribution in [3.63, 3.8) is 0 Å². The SMILES string of the molecule is CCCCCCCCCCCCCCCCCCCCCCCCCCCCCCCCC(=O)OC(COC(=O)CCCCCCCCCCCCCCCCCCCC)COP(=O)([O-])OCC[N+](C)(C)C. The molecule has 0 aliphatic heterocycles. The number of likely N-dealkylation sites (N-methyl/N-ethyl adjacent to an activating group) is 1. The van der Waals surface area contributed by atoms with Crippen LogP contribution in [0.4, 0.5) is 0 Å². The molecule has 0 radical (unpaired) electrons. The molecule has 0 spiro atoms. The Morgan fingerprint density at radius 3 is 0.889 bits per heavy atom. The Bertz CT molecular complexity index is 1180. The molecule has 2 unspecified atom stereocenters. The first kappa shape index (κ1) is 71.0. The van der Waals surface area contributed by atoms with E-state index in [1.54, 1.807) is 0 Å². The van der Waals surface area contributed by atoms with Crippen molar-refractivity contribution in [3.05, 3.63) is 0 Å². The zero-order valence-electron chi connectivity index (χ0n) is 48.9. The van der Waals surface area contributed by atoms with Crippen molar-refractivity contribution in [2.24, 2.45) is 0 Å². The van der Waals surface area contributed by atoms with Crippen LogP contribution in [-0.4, -0.2) is 70.0 Å². The lowest BCUT2D eigenvalue weighted by Gasteiger charge is -2.28. The van der Waals surface area contributed by atoms with Crippen molar-refractivity contribution in [2.75, 3.05) is 47.5 Å². The number of ether oxygens (including phenoxy) is 2. The lowest BCUT2D eigenvalue weighted by atomic mass is 10.0. The molecule has 0 saturated carbocycles. The van der Waals surface area contributed by atoms with Gasteiger partial charge in [-0.05, 0) is 12.8 Å². The molecule has 0 aliphatic rings. The van der Waals surface area contributed by atoms with Crippen LogP contribution in [0.2, 0.25) is 0 Å². The van der Waals surface area contributed by atoms with Crippen LogP contribution in [0.3, 0.4) is 0 Å². The van der Waals surface area contributed by atoms with Gasteiger partial charge in [0.25, 0.3) is 7.82 Å². The number of phosphoric ester groups is 1. The van der Waals surface area contributed by atoms with E-state index in [-0.39, 0.29) is 32.0 Å². The molecule has 9 nitrogen and oxygen atoms in total. The van der Waals surface area contributed by atoms with Crippen LogP contribution < -0.4 is 4.89 Å². The summed E-state index contributed by atoms with van der Waals surface area (Å²) in [4.78, 5) is 37.9. The second kappa shape index (κ2) is 54.8. The molecule has 0 aromatic rings. The maximum absolute atomic E-state index is 12.8. The third-order valence-electron chi connectivity index (χ3n) is 14.6. The topological polar surface area (TPSA) is 111 Å². The Balaban J connectivity index is 4.00. The number of hydrogen-bond donors (Lipinski definition) is 0. The van der Waals surface area contributed by atoms with Gasteiger partial charge in [-0.15, -0.1) is 0 Å². The predicted molar refractivity (Wildman–Crippen MR) is 305 cm³/mol. The molecule has 0 aromatic carbocycles. The zero-order valence-corrected chi connectivity index (χ0v) is 49.8. The van der Waals surface area contributed by atoms with Gasteiger partial charge in [0.2, 0.25) is 0 Å². The van der Waals surface area contributed by atoms with E-state index in [1.165, 1.54) is 270 Å². The Morgan fingerprint density at radius 2 is 0.625 bits per heavy atom. The Hall–Kier alpha value is -0.990. The highest BCUT2D eigenvalue weighted by Crippen LogP contribution is 2.38. The van der Waals surface area contributed by atoms with E-state index in [9.17, 15) is 19.0 Å². The maximum Gasteiger partial charge on any atom is 0.306 e. The quantitative estimate of drug-likeness (QED) is 0.0256. The van der Waals surface area contributed by atoms with E-state index in [0.717, 1.165) is 32.1 Å². The molecule has 0 rings (SSSR count). The summed E-state index contributed by atoms with van der Waals surface area (Å²) in [5.41, 5.74) is 0. The number of esters is 2. The molecule has 0 saturated heterocycles. The summed E-state index contributed by atoms with van der Waals surface area (Å²) in [6.45, 7) is 4.32. The van der Waals surface area contributed by atoms with Gasteiger partial charge >= 0.3 is 11.9 Å². The minimum atomic E-state index is -4.63. The average Bonchev–Trinajstić information content (AvgIpc) is 3.34. The number of carbonyl (C=O) groups excluding carboxylic acids is 2. The molecule has 0 bridgehead atoms. The fourth-order valence-corrected chi connectivity index (χ4v) is 10.4. The molecule has 0 aliphatic carbocycles. The Morgan fingerprint density at radius 1 is 0.375 bits per heavy atom. The molecule has 0 amide bonds. The summed E-state index contributed by atoms with van der Waals surface area (Å²) >= 11 is 0. The minimum Gasteiger partial charge on any atom is -0.756 e. The van der Waals surface area contributed by atoms with E-state index in [0.29, 0.717) is 17.4 Å². The number of phosphoric acid groups is 1. The highest BCUT2D eigenvalue weighted by atomic mass is 31.2. The number of carbonyl (C=O) groups is 2. The molecule has 72 heavy (non-hydrogen) atoms. The van der Waals surface area contributed by atoms with E-state index in [4.69, 9.17) is 18.5 Å². The Labute approximate surface area is 448 Å². The lowest BCUT2D eigenvalue weighted by molar-refractivity contribution is -0.870. The lowest BCUT2D eigenvalue weighted by Crippen LogP contribution is -2.37. The van der Waals surface area contributed by atoms with E-state index < -0.39 is 26.5 Å². The molecule has 0 fully saturated rings. The maximum atomic E-state index is 12.8. The Kier molecular flexibility index (Phi) is 54.0. The molecule has 0 heterocycles. The second-order valence-electron chi connectivity index (χ2n) is 23.1. The predicted octanol–water partition coefficient (Wildman–Crippen LogP) is 19.2. The first-order chi connectivity index (χ1) is 35.0. The van der Waals surface area contributed by atoms with Gasteiger partial charge in [-0.25, -0.2) is 0 Å². The molecular formula is C62H124NO8P. The van der Waals surface area contributed by atoms with Gasteiger partial charge in [-0.1, -0.05) is 309 Å². The molecule has 430 valence electrons. The average molecular weight is 1040 g/mol. The van der Waals surface area contributed by atoms with Crippen LogP contribution in [0.1, 0.15) is 335 Å². The van der Waals surface area contributed by atoms with Gasteiger partial charge in [0.1, 0.15) is 19.8 Å². The van der Waals surface area contributed by atoms with Crippen LogP contribution in [0.25, 0.3) is 0 Å². The molecule has 0 aromatic heterocycles. The fraction of sp³-hybridized carbons (Fsp3) is 0.968. The van der Waals surface area contributed by atoms with Gasteiger partial charge in [0.15, 0.2) is 6.10 Å². The van der Waals surface area contributed by atoms with Crippen LogP contribution in [-0.2, 0) is 32.7 Å². The molecule has 0 N–H and O–H groups in total. The van der Waals surface area contributed by atoms with Gasteiger partial charge < -0.3 is 27.9 Å². The third kappa shape index (κ3) is 58.3. The van der Waals surface area contributed by atoms with Crippen LogP contribution in [0.5, 0.6) is 0 Å². The largest absolute Gasteiger partial charge is 0.756 e. The number of nitrogens with zero attached hydrogens (tertiary/aromatic N) is 1. The monoisotopic (exact) mass is 1040 g/mol. The zero-order chi connectivity index (χ0) is 52.7. The van der Waals surface area contributed by atoms with Crippen LogP contribution >= 0.6 is 7.82 Å². The number of quaternary nitrogens is 1. The molecule has 2 atom stereocenters. The van der Waals surface area contributed by atoms with Crippen molar-refractivity contribution in [1.29, 1.82) is 0 Å². The summed E-state index contributed by atoms with van der Waals surface area (Å²) in [5.74, 6) is -0.807. The van der Waals surface area contributed by atoms with Crippen molar-refractivity contribution in [1.82, 2.24) is 0 Å². The van der Waals surface area contributed by atoms with Crippen molar-refractivity contribution >= 4 is 19.8 Å². The highest BCUT2D eigenvalue weighted by Gasteiger charge is 2.22. The van der Waals surface area contributed by atoms with E-state index in [1.807, 2.05) is 21.1 Å². The first-order valence-corrected chi connectivity index (χ1v) is 33.2. The summed E-state index contributed by atoms with van der Waals surface area (Å²) in [6, 6.07) is 0. The second-order valence-corrected chi connectivity index (χ2v) is 24.6. The van der Waals surface area contributed by atoms with Crippen molar-refractivity contribution in [3.8, 4) is 0 Å². The third-order valence-corrected chi connectivity index (χ3v) is 15.6. The fourth-order valence-electron chi connectivity index (χ4n) is 9.72. The summed E-state index contributed by atoms with van der Waals surface area (Å²) in [6.07, 6.45) is 63.1. The summed E-state index contributed by atoms with van der Waals surface area (Å²) in [5, 5.41) is 0. The van der Waals surface area contributed by atoms with E-state index >= 15 is 0 Å². The smallest absolute Gasteiger partial charge is 0.306 e. The molecular weight excluding hydrogens is 918 g/mol. The number of rotatable bonds is 60. The van der Waals surface area contributed by atoms with Crippen molar-refractivity contribution < 1.29 is 42.1 Å². The van der Waals surface area contributed by atoms with Gasteiger partial charge in [-0.2, -0.15) is 0 Å². The van der Waals surface area contributed by atoms with Gasteiger partial charge in [-0.3, -0.25) is 14.2 Å². The summed E-state index contributed by atoms with van der Waals surface area (Å²) in [7, 11) is 1.19. The first-order valence-electron chi connectivity index (χ1n) is 31.7. The highest BCUT2D eigenvalue weighted by molar-refractivity contribution is 7.45. The minimum absolute atomic E-state index is 0.0250. The standard InChI is InChI=1S/C62H124NO8P/c1-6-8-10-12-14-16-18-20-22-24-26-27-28-29-30-31-32-33-34-35-36-37-39-41-43-45-47-49-51-53-55-62(65)71-60(59-70-72(66,67)69-57-56-63(3,4)5)58-68-61(64)54-52-50-48-46-44-42-40-38-25-23-21-19-17-15-13-11-9-7-2/h60H,6-59H2,1-5H3. The number of unbranched alkanes of at least 4 members (excludes halogenated alkanes) is 46. The normalized spacial score (nSPS) is 13.1. The van der Waals surface area contributed by atoms with Gasteiger partial charge in [0, 0.05) is 12.8 Å². The number of hydrogen-bond acceptors (Lipinski definition) is 8. The van der Waals surface area contributed by atoms with E-state index in [2.05, 4.69) is 13.8 Å². The van der Waals surface area contributed by atoms with Crippen molar-refractivity contribution in [2.45, 2.75) is 341 Å². The van der Waals surface area contributed by atoms with Crippen LogP contribution in [0, 0.1) is 0 Å².